The Morgan fingerprint density at radius 1 is 1.13 bits per heavy atom. The summed E-state index contributed by atoms with van der Waals surface area (Å²) >= 11 is 0. The molecule has 0 radical (unpaired) electrons. The standard InChI is InChI=1S/C37H51FN2O6Si/c1-33(2,3)47(8,9)44-20-30(43)37-31(45-34(4,5)46-37)16-25-24-14-28(41)26-15-27-21(19-39-40(27)23-12-10-22(38)11-13-23)17-35(26,6)32(24)29(42)18-36(25,37)7/h10-13,15,19,24-25,28-29,31-32,41-42H,14,16-18,20H2,1-9H3/t24-,25-,28?,29-,31?,32+,35-,36-,37+/m0/s1. The Labute approximate surface area is 278 Å². The number of hydrogen-bond acceptors (Lipinski definition) is 7. The van der Waals surface area contributed by atoms with Gasteiger partial charge in [0, 0.05) is 10.8 Å². The van der Waals surface area contributed by atoms with Crippen LogP contribution in [0.3, 0.4) is 0 Å². The molecule has 0 bridgehead atoms. The summed E-state index contributed by atoms with van der Waals surface area (Å²) in [4.78, 5) is 14.6. The third-order valence-corrected chi connectivity index (χ3v) is 17.8. The van der Waals surface area contributed by atoms with E-state index < -0.39 is 48.8 Å². The van der Waals surface area contributed by atoms with Gasteiger partial charge >= 0.3 is 0 Å². The first kappa shape index (κ1) is 33.3. The molecule has 5 aliphatic rings. The number of aromatic nitrogens is 2. The second-order valence-electron chi connectivity index (χ2n) is 17.4. The maximum absolute atomic E-state index is 14.6. The monoisotopic (exact) mass is 666 g/mol. The molecule has 8 nitrogen and oxygen atoms in total. The number of carbonyl (C=O) groups excluding carboxylic acids is 1. The van der Waals surface area contributed by atoms with E-state index in [1.165, 1.54) is 12.1 Å². The molecule has 1 saturated heterocycles. The van der Waals surface area contributed by atoms with E-state index in [-0.39, 0.29) is 41.0 Å². The van der Waals surface area contributed by atoms with Crippen LogP contribution in [0.25, 0.3) is 11.8 Å². The van der Waals surface area contributed by atoms with E-state index >= 15 is 0 Å². The highest BCUT2D eigenvalue weighted by molar-refractivity contribution is 6.74. The largest absolute Gasteiger partial charge is 0.409 e. The van der Waals surface area contributed by atoms with E-state index in [0.717, 1.165) is 22.5 Å². The highest BCUT2D eigenvalue weighted by atomic mass is 28.4. The molecule has 9 atom stereocenters. The Balaban J connectivity index is 1.24. The summed E-state index contributed by atoms with van der Waals surface area (Å²) in [6, 6.07) is 6.23. The molecular formula is C37H51FN2O6Si. The van der Waals surface area contributed by atoms with Gasteiger partial charge in [0.1, 0.15) is 5.82 Å². The van der Waals surface area contributed by atoms with Crippen molar-refractivity contribution in [2.75, 3.05) is 6.61 Å². The number of rotatable bonds is 5. The smallest absolute Gasteiger partial charge is 0.192 e. The summed E-state index contributed by atoms with van der Waals surface area (Å²) in [5.41, 5.74) is 1.06. The van der Waals surface area contributed by atoms with Gasteiger partial charge in [-0.25, -0.2) is 9.07 Å². The van der Waals surface area contributed by atoms with E-state index in [9.17, 15) is 19.4 Å². The van der Waals surface area contributed by atoms with Crippen molar-refractivity contribution in [1.29, 1.82) is 0 Å². The molecule has 47 heavy (non-hydrogen) atoms. The first-order valence-electron chi connectivity index (χ1n) is 17.2. The number of fused-ring (bicyclic) bond motifs is 8. The SMILES string of the molecule is CC1(C)OC2C[C@H]3[C@@H]4CC(O)C5=Cc6c(cnn6-c6ccc(F)cc6)C[C@]5(C)[C@H]4[C@@H](O)C[C@]3(C)[C@]2(C(=O)CO[Si](C)(C)C(C)(C)C)O1. The van der Waals surface area contributed by atoms with Crippen molar-refractivity contribution < 1.29 is 33.3 Å². The van der Waals surface area contributed by atoms with Crippen molar-refractivity contribution in [3.63, 3.8) is 0 Å². The number of ketones is 1. The lowest BCUT2D eigenvalue weighted by molar-refractivity contribution is -0.229. The molecule has 4 fully saturated rings. The van der Waals surface area contributed by atoms with Gasteiger partial charge in [0.2, 0.25) is 0 Å². The number of benzene rings is 1. The predicted octanol–water partition coefficient (Wildman–Crippen LogP) is 6.23. The van der Waals surface area contributed by atoms with Crippen LogP contribution in [0.2, 0.25) is 18.1 Å². The molecule has 2 heterocycles. The number of carbonyl (C=O) groups is 1. The van der Waals surface area contributed by atoms with Crippen LogP contribution in [0.15, 0.2) is 36.0 Å². The topological polar surface area (TPSA) is 103 Å². The van der Waals surface area contributed by atoms with Crippen LogP contribution in [0.4, 0.5) is 4.39 Å². The van der Waals surface area contributed by atoms with Gasteiger partial charge in [-0.15, -0.1) is 0 Å². The average Bonchev–Trinajstić information content (AvgIpc) is 3.56. The van der Waals surface area contributed by atoms with E-state index in [1.54, 1.807) is 16.8 Å². The molecule has 2 unspecified atom stereocenters. The molecule has 0 spiro atoms. The minimum Gasteiger partial charge on any atom is -0.409 e. The van der Waals surface area contributed by atoms with Crippen LogP contribution in [-0.4, -0.2) is 70.4 Å². The van der Waals surface area contributed by atoms with Gasteiger partial charge in [-0.1, -0.05) is 34.6 Å². The minimum absolute atomic E-state index is 0.00909. The molecule has 2 aromatic rings. The summed E-state index contributed by atoms with van der Waals surface area (Å²) in [5.74, 6) is -1.57. The summed E-state index contributed by atoms with van der Waals surface area (Å²) in [6.45, 7) is 18.7. The number of ether oxygens (including phenoxy) is 2. The zero-order chi connectivity index (χ0) is 34.1. The van der Waals surface area contributed by atoms with Crippen molar-refractivity contribution in [2.45, 2.75) is 122 Å². The summed E-state index contributed by atoms with van der Waals surface area (Å²) in [7, 11) is -2.23. The maximum atomic E-state index is 14.6. The Kier molecular flexibility index (Phi) is 7.37. The Hall–Kier alpha value is -2.21. The molecule has 2 N–H and O–H groups in total. The van der Waals surface area contributed by atoms with Gasteiger partial charge in [-0.05, 0) is 117 Å². The van der Waals surface area contributed by atoms with Crippen LogP contribution in [0, 0.1) is 34.4 Å². The van der Waals surface area contributed by atoms with Gasteiger partial charge < -0.3 is 24.1 Å². The molecule has 4 aliphatic carbocycles. The van der Waals surface area contributed by atoms with Crippen LogP contribution in [-0.2, 0) is 25.1 Å². The second-order valence-corrected chi connectivity index (χ2v) is 22.2. The highest BCUT2D eigenvalue weighted by Gasteiger charge is 2.77. The second kappa shape index (κ2) is 10.4. The lowest BCUT2D eigenvalue weighted by Gasteiger charge is -2.61. The zero-order valence-corrected chi connectivity index (χ0v) is 30.3. The molecule has 3 saturated carbocycles. The summed E-state index contributed by atoms with van der Waals surface area (Å²) in [6.07, 6.45) is 4.07. The van der Waals surface area contributed by atoms with E-state index in [2.05, 4.69) is 52.8 Å². The van der Waals surface area contributed by atoms with Gasteiger partial charge in [0.25, 0.3) is 0 Å². The lowest BCUT2D eigenvalue weighted by Crippen LogP contribution is -2.65. The number of aliphatic hydroxyl groups excluding tert-OH is 2. The zero-order valence-electron chi connectivity index (χ0n) is 29.3. The van der Waals surface area contributed by atoms with Crippen LogP contribution in [0.5, 0.6) is 0 Å². The van der Waals surface area contributed by atoms with E-state index in [1.807, 2.05) is 26.1 Å². The Morgan fingerprint density at radius 3 is 2.47 bits per heavy atom. The highest BCUT2D eigenvalue weighted by Crippen LogP contribution is 2.70. The van der Waals surface area contributed by atoms with Gasteiger partial charge in [-0.3, -0.25) is 4.79 Å². The van der Waals surface area contributed by atoms with Crippen molar-refractivity contribution >= 4 is 20.2 Å². The number of nitrogens with zero attached hydrogens (tertiary/aromatic N) is 2. The van der Waals surface area contributed by atoms with Gasteiger partial charge in [0.05, 0.1) is 42.5 Å². The average molecular weight is 667 g/mol. The first-order chi connectivity index (χ1) is 21.7. The number of halogens is 1. The van der Waals surface area contributed by atoms with Crippen molar-refractivity contribution in [3.05, 3.63) is 53.1 Å². The Morgan fingerprint density at radius 2 is 1.81 bits per heavy atom. The third kappa shape index (κ3) is 4.68. The normalized spacial score (nSPS) is 38.9. The van der Waals surface area contributed by atoms with Crippen molar-refractivity contribution in [3.8, 4) is 5.69 Å². The van der Waals surface area contributed by atoms with Crippen molar-refractivity contribution in [2.24, 2.45) is 28.6 Å². The summed E-state index contributed by atoms with van der Waals surface area (Å²) in [5, 5.41) is 28.8. The van der Waals surface area contributed by atoms with Crippen LogP contribution in [0.1, 0.15) is 79.0 Å². The fraction of sp³-hybridized carbons (Fsp3) is 0.676. The number of Topliss-reactive ketones (excluding diaryl/α,β-unsaturated/α-hetero) is 1. The maximum Gasteiger partial charge on any atom is 0.192 e. The van der Waals surface area contributed by atoms with Gasteiger partial charge in [0.15, 0.2) is 25.5 Å². The number of aliphatic hydroxyl groups is 2. The number of hydrogen-bond donors (Lipinski definition) is 2. The Bertz CT molecular complexity index is 1630. The minimum atomic E-state index is -2.23. The molecule has 10 heteroatoms. The third-order valence-electron chi connectivity index (χ3n) is 13.3. The molecule has 1 aromatic heterocycles. The van der Waals surface area contributed by atoms with Crippen molar-refractivity contribution in [1.82, 2.24) is 9.78 Å². The molecule has 0 amide bonds. The van der Waals surface area contributed by atoms with E-state index in [0.29, 0.717) is 25.7 Å². The predicted molar refractivity (Wildman–Crippen MR) is 179 cm³/mol. The molecule has 256 valence electrons. The fourth-order valence-electron chi connectivity index (χ4n) is 10.2. The molecular weight excluding hydrogens is 615 g/mol. The lowest BCUT2D eigenvalue weighted by atomic mass is 9.45. The quantitative estimate of drug-likeness (QED) is 0.365. The first-order valence-corrected chi connectivity index (χ1v) is 20.1. The van der Waals surface area contributed by atoms with Crippen LogP contribution >= 0.6 is 0 Å². The molecule has 7 rings (SSSR count). The fourth-order valence-corrected chi connectivity index (χ4v) is 11.1. The molecule has 1 aromatic carbocycles. The summed E-state index contributed by atoms with van der Waals surface area (Å²) < 4.78 is 35.3. The molecule has 1 aliphatic heterocycles. The van der Waals surface area contributed by atoms with E-state index in [4.69, 9.17) is 13.9 Å². The van der Waals surface area contributed by atoms with Gasteiger partial charge in [-0.2, -0.15) is 5.10 Å². The van der Waals surface area contributed by atoms with Crippen LogP contribution < -0.4 is 0 Å².